The van der Waals surface area contributed by atoms with Gasteiger partial charge in [0.2, 0.25) is 0 Å². The molecule has 0 unspecified atom stereocenters. The highest BCUT2D eigenvalue weighted by Crippen LogP contribution is 2.42. The molecule has 0 amide bonds. The standard InChI is InChI=1S/C11H24OS2Si/c1-11(2,15(3,4)12)7-5-6-10-13-8-9-14-10/h10,12H,5-9H2,1-4H3. The predicted molar refractivity (Wildman–Crippen MR) is 76.3 cm³/mol. The Kier molecular flexibility index (Phi) is 5.09. The lowest BCUT2D eigenvalue weighted by Crippen LogP contribution is -2.38. The fourth-order valence-corrected chi connectivity index (χ4v) is 5.30. The summed E-state index contributed by atoms with van der Waals surface area (Å²) < 4.78 is 0.837. The van der Waals surface area contributed by atoms with Crippen LogP contribution in [-0.4, -0.2) is 29.2 Å². The molecule has 0 aromatic rings. The first-order chi connectivity index (χ1) is 6.83. The Morgan fingerprint density at radius 2 is 1.80 bits per heavy atom. The van der Waals surface area contributed by atoms with Crippen LogP contribution in [0.5, 0.6) is 0 Å². The minimum Gasteiger partial charge on any atom is -0.432 e. The molecule has 1 fully saturated rings. The molecule has 1 N–H and O–H groups in total. The molecule has 0 atom stereocenters. The molecular formula is C11H24OS2Si. The maximum atomic E-state index is 10.2. The van der Waals surface area contributed by atoms with E-state index in [1.807, 2.05) is 0 Å². The molecule has 1 aliphatic rings. The molecule has 0 aromatic carbocycles. The summed E-state index contributed by atoms with van der Waals surface area (Å²) in [6, 6.07) is 0. The van der Waals surface area contributed by atoms with Crippen LogP contribution in [-0.2, 0) is 0 Å². The van der Waals surface area contributed by atoms with Crippen molar-refractivity contribution < 1.29 is 4.80 Å². The molecule has 0 aliphatic carbocycles. The van der Waals surface area contributed by atoms with E-state index in [-0.39, 0.29) is 5.04 Å². The van der Waals surface area contributed by atoms with Crippen LogP contribution >= 0.6 is 23.5 Å². The van der Waals surface area contributed by atoms with Gasteiger partial charge in [0.25, 0.3) is 0 Å². The van der Waals surface area contributed by atoms with Crippen LogP contribution in [0, 0.1) is 0 Å². The van der Waals surface area contributed by atoms with Crippen LogP contribution in [0.4, 0.5) is 0 Å². The van der Waals surface area contributed by atoms with Crippen LogP contribution in [0.1, 0.15) is 33.1 Å². The number of rotatable bonds is 5. The second-order valence-corrected chi connectivity index (χ2v) is 12.9. The normalized spacial score (nSPS) is 19.8. The topological polar surface area (TPSA) is 20.2 Å². The van der Waals surface area contributed by atoms with Crippen LogP contribution < -0.4 is 0 Å². The van der Waals surface area contributed by atoms with Gasteiger partial charge in [-0.25, -0.2) is 0 Å². The van der Waals surface area contributed by atoms with E-state index in [0.29, 0.717) is 0 Å². The summed E-state index contributed by atoms with van der Waals surface area (Å²) >= 11 is 4.22. The first-order valence-electron chi connectivity index (χ1n) is 5.78. The molecule has 0 bridgehead atoms. The fourth-order valence-electron chi connectivity index (χ4n) is 1.59. The van der Waals surface area contributed by atoms with Crippen molar-refractivity contribution in [2.45, 2.75) is 55.8 Å². The summed E-state index contributed by atoms with van der Waals surface area (Å²) in [6.07, 6.45) is 3.78. The van der Waals surface area contributed by atoms with Gasteiger partial charge in [-0.05, 0) is 31.0 Å². The third kappa shape index (κ3) is 4.33. The number of hydrogen-bond acceptors (Lipinski definition) is 3. The lowest BCUT2D eigenvalue weighted by atomic mass is 10.1. The Labute approximate surface area is 104 Å². The average Bonchev–Trinajstić information content (AvgIpc) is 2.54. The van der Waals surface area contributed by atoms with Crippen LogP contribution in [0.2, 0.25) is 18.1 Å². The van der Waals surface area contributed by atoms with Crippen molar-refractivity contribution in [3.8, 4) is 0 Å². The lowest BCUT2D eigenvalue weighted by molar-refractivity contribution is 0.441. The summed E-state index contributed by atoms with van der Waals surface area (Å²) in [5.74, 6) is 2.66. The lowest BCUT2D eigenvalue weighted by Gasteiger charge is -2.35. The van der Waals surface area contributed by atoms with Gasteiger partial charge in [0.05, 0.1) is 4.58 Å². The van der Waals surface area contributed by atoms with E-state index >= 15 is 0 Å². The fraction of sp³-hybridized carbons (Fsp3) is 1.00. The minimum absolute atomic E-state index is 0.168. The van der Waals surface area contributed by atoms with E-state index in [0.717, 1.165) is 4.58 Å². The van der Waals surface area contributed by atoms with Gasteiger partial charge in [-0.15, -0.1) is 23.5 Å². The number of thioether (sulfide) groups is 2. The molecule has 1 heterocycles. The van der Waals surface area contributed by atoms with Crippen molar-refractivity contribution in [3.63, 3.8) is 0 Å². The van der Waals surface area contributed by atoms with Crippen LogP contribution in [0.3, 0.4) is 0 Å². The molecule has 1 aliphatic heterocycles. The van der Waals surface area contributed by atoms with E-state index in [9.17, 15) is 4.80 Å². The van der Waals surface area contributed by atoms with Gasteiger partial charge in [-0.1, -0.05) is 20.3 Å². The van der Waals surface area contributed by atoms with Crippen molar-refractivity contribution in [2.75, 3.05) is 11.5 Å². The minimum atomic E-state index is -1.98. The zero-order chi connectivity index (χ0) is 11.5. The molecule has 0 spiro atoms. The third-order valence-electron chi connectivity index (χ3n) is 3.59. The van der Waals surface area contributed by atoms with Gasteiger partial charge >= 0.3 is 0 Å². The largest absolute Gasteiger partial charge is 0.432 e. The molecule has 0 radical (unpaired) electrons. The molecule has 15 heavy (non-hydrogen) atoms. The zero-order valence-corrected chi connectivity index (χ0v) is 13.0. The maximum Gasteiger partial charge on any atom is 0.188 e. The summed E-state index contributed by atoms with van der Waals surface area (Å²) in [7, 11) is -1.98. The van der Waals surface area contributed by atoms with Gasteiger partial charge in [-0.2, -0.15) is 0 Å². The summed E-state index contributed by atoms with van der Waals surface area (Å²) in [5.41, 5.74) is 0. The van der Waals surface area contributed by atoms with Crippen molar-refractivity contribution in [1.29, 1.82) is 0 Å². The molecular weight excluding hydrogens is 240 g/mol. The van der Waals surface area contributed by atoms with Crippen molar-refractivity contribution in [3.05, 3.63) is 0 Å². The van der Waals surface area contributed by atoms with Crippen LogP contribution in [0.25, 0.3) is 0 Å². The first-order valence-corrected chi connectivity index (χ1v) is 10.8. The highest BCUT2D eigenvalue weighted by Gasteiger charge is 2.37. The summed E-state index contributed by atoms with van der Waals surface area (Å²) in [6.45, 7) is 8.58. The molecule has 90 valence electrons. The highest BCUT2D eigenvalue weighted by molar-refractivity contribution is 8.20. The van der Waals surface area contributed by atoms with Gasteiger partial charge in [0.1, 0.15) is 0 Å². The molecule has 1 nitrogen and oxygen atoms in total. The Hall–Kier alpha value is 0.877. The Morgan fingerprint density at radius 1 is 1.27 bits per heavy atom. The van der Waals surface area contributed by atoms with Gasteiger partial charge < -0.3 is 4.80 Å². The predicted octanol–water partition coefficient (Wildman–Crippen LogP) is 3.94. The zero-order valence-electron chi connectivity index (χ0n) is 10.4. The van der Waals surface area contributed by atoms with E-state index in [1.54, 1.807) is 0 Å². The molecule has 0 saturated carbocycles. The Morgan fingerprint density at radius 3 is 2.27 bits per heavy atom. The highest BCUT2D eigenvalue weighted by atomic mass is 32.2. The van der Waals surface area contributed by atoms with Gasteiger partial charge in [-0.3, -0.25) is 0 Å². The molecule has 1 rings (SSSR count). The molecule has 0 aromatic heterocycles. The Bertz CT molecular complexity index is 195. The Balaban J connectivity index is 2.23. The van der Waals surface area contributed by atoms with E-state index in [1.165, 1.54) is 30.8 Å². The summed E-state index contributed by atoms with van der Waals surface area (Å²) in [5, 5.41) is 0.168. The monoisotopic (exact) mass is 264 g/mol. The van der Waals surface area contributed by atoms with Gasteiger partial charge in [0, 0.05) is 11.5 Å². The second-order valence-electron chi connectivity index (χ2n) is 5.51. The quantitative estimate of drug-likeness (QED) is 0.760. The van der Waals surface area contributed by atoms with Crippen molar-refractivity contribution in [2.24, 2.45) is 0 Å². The average molecular weight is 265 g/mol. The number of hydrogen-bond donors (Lipinski definition) is 1. The summed E-state index contributed by atoms with van der Waals surface area (Å²) in [4.78, 5) is 10.2. The first kappa shape index (κ1) is 13.9. The van der Waals surface area contributed by atoms with E-state index in [4.69, 9.17) is 0 Å². The van der Waals surface area contributed by atoms with E-state index in [2.05, 4.69) is 50.5 Å². The van der Waals surface area contributed by atoms with Crippen LogP contribution in [0.15, 0.2) is 0 Å². The molecule has 4 heteroatoms. The maximum absolute atomic E-state index is 10.2. The van der Waals surface area contributed by atoms with Gasteiger partial charge in [0.15, 0.2) is 8.32 Å². The van der Waals surface area contributed by atoms with Crippen molar-refractivity contribution >= 4 is 31.8 Å². The SMILES string of the molecule is CC(C)(CCCC1SCCS1)[Si](C)(C)O. The smallest absolute Gasteiger partial charge is 0.188 e. The van der Waals surface area contributed by atoms with E-state index < -0.39 is 8.32 Å². The third-order valence-corrected chi connectivity index (χ3v) is 10.3. The van der Waals surface area contributed by atoms with Crippen molar-refractivity contribution in [1.82, 2.24) is 0 Å². The molecule has 1 saturated heterocycles. The second kappa shape index (κ2) is 5.47.